The number of carboxylic acids is 2. The normalized spacial score (nSPS) is 20.3. The Morgan fingerprint density at radius 1 is 1.20 bits per heavy atom. The number of Topliss-reactive ketones (excluding diaryl/α,β-unsaturated/α-hetero) is 2. The van der Waals surface area contributed by atoms with Crippen molar-refractivity contribution in [2.75, 3.05) is 17.7 Å². The highest BCUT2D eigenvalue weighted by molar-refractivity contribution is 8.01. The number of hydrogen-bond donors (Lipinski definition) is 6. The third-order valence-corrected chi connectivity index (χ3v) is 9.89. The number of carboxylic acid groups (broad SMARTS) is 2. The minimum Gasteiger partial charge on any atom is -0.504 e. The number of aromatic nitrogens is 5. The number of anilines is 1. The van der Waals surface area contributed by atoms with Gasteiger partial charge in [0.05, 0.1) is 28.4 Å². The van der Waals surface area contributed by atoms with E-state index in [1.807, 2.05) is 5.43 Å². The lowest BCUT2D eigenvalue weighted by Gasteiger charge is -2.40. The molecule has 1 aromatic carbocycles. The maximum atomic E-state index is 13.4. The molecular weight excluding hydrogens is 718 g/mol. The Kier molecular flexibility index (Phi) is 8.86. The molecule has 0 radical (unpaired) electrons. The van der Waals surface area contributed by atoms with E-state index >= 15 is 0 Å². The van der Waals surface area contributed by atoms with Gasteiger partial charge in [0.2, 0.25) is 22.2 Å². The molecule has 5 rings (SSSR count). The highest BCUT2D eigenvalue weighted by atomic mass is 35.5. The van der Waals surface area contributed by atoms with E-state index in [1.165, 1.54) is 13.8 Å². The van der Waals surface area contributed by atoms with Crippen LogP contribution in [0.1, 0.15) is 36.5 Å². The molecule has 7 N–H and O–H groups in total. The molecule has 0 saturated carbocycles. The summed E-state index contributed by atoms with van der Waals surface area (Å²) in [5.74, 6) is -10.3. The van der Waals surface area contributed by atoms with Crippen LogP contribution in [0.4, 0.5) is 5.13 Å². The Labute approximate surface area is 285 Å². The monoisotopic (exact) mass is 739 g/mol. The van der Waals surface area contributed by atoms with Gasteiger partial charge in [-0.05, 0) is 26.0 Å². The van der Waals surface area contributed by atoms with E-state index in [9.17, 15) is 54.0 Å². The second kappa shape index (κ2) is 12.5. The zero-order valence-electron chi connectivity index (χ0n) is 24.8. The average Bonchev–Trinajstić information content (AvgIpc) is 3.74. The molecule has 49 heavy (non-hydrogen) atoms. The number of ketones is 2. The first kappa shape index (κ1) is 34.8. The summed E-state index contributed by atoms with van der Waals surface area (Å²) in [7, 11) is 0. The molecule has 0 bridgehead atoms. The number of nitrogens with one attached hydrogen (secondary N) is 1. The lowest BCUT2D eigenvalue weighted by atomic mass is 9.90. The summed E-state index contributed by atoms with van der Waals surface area (Å²) in [5, 5.41) is 44.6. The van der Waals surface area contributed by atoms with Gasteiger partial charge in [-0.2, -0.15) is 23.8 Å². The number of rotatable bonds is 12. The molecule has 2 saturated heterocycles. The Hall–Kier alpha value is -5.55. The minimum atomic E-state index is -2.25. The van der Waals surface area contributed by atoms with Crippen molar-refractivity contribution in [3.05, 3.63) is 45.4 Å². The number of phenols is 2. The van der Waals surface area contributed by atoms with Crippen LogP contribution in [0, 0.1) is 5.92 Å². The SMILES string of the molecule is CC(C)(O/N=C(\C(=O)CC1C(=O)N2C[C@@](C(=O)O)(n3ncn(NC(=O)C(=O)c4ccc(O)c(O)c4Cl)c3=O)S[C@H]12)c1nsc(N)n1)C(=O)O. The van der Waals surface area contributed by atoms with Gasteiger partial charge in [-0.1, -0.05) is 28.5 Å². The first-order valence-corrected chi connectivity index (χ1v) is 15.5. The molecule has 3 aromatic rings. The third-order valence-electron chi connectivity index (χ3n) is 7.27. The molecule has 1 unspecified atom stereocenters. The Morgan fingerprint density at radius 2 is 1.90 bits per heavy atom. The van der Waals surface area contributed by atoms with E-state index in [4.69, 9.17) is 22.2 Å². The summed E-state index contributed by atoms with van der Waals surface area (Å²) >= 11 is 7.15. The van der Waals surface area contributed by atoms with E-state index in [0.717, 1.165) is 17.0 Å². The molecule has 2 fully saturated rings. The van der Waals surface area contributed by atoms with Crippen LogP contribution in [0.5, 0.6) is 11.5 Å². The topological polar surface area (TPSA) is 312 Å². The van der Waals surface area contributed by atoms with Gasteiger partial charge in [-0.25, -0.2) is 14.4 Å². The summed E-state index contributed by atoms with van der Waals surface area (Å²) in [6, 6.07) is 1.85. The number of nitrogen functional groups attached to an aromatic ring is 1. The Balaban J connectivity index is 1.36. The molecule has 258 valence electrons. The predicted molar refractivity (Wildman–Crippen MR) is 165 cm³/mol. The summed E-state index contributed by atoms with van der Waals surface area (Å²) in [6.45, 7) is 1.75. The van der Waals surface area contributed by atoms with Crippen LogP contribution >= 0.6 is 34.9 Å². The molecule has 21 nitrogen and oxygen atoms in total. The zero-order chi connectivity index (χ0) is 36.2. The summed E-state index contributed by atoms with van der Waals surface area (Å²) in [5.41, 5.74) is 3.38. The van der Waals surface area contributed by atoms with Crippen molar-refractivity contribution in [3.63, 3.8) is 0 Å². The van der Waals surface area contributed by atoms with Gasteiger partial charge < -0.3 is 35.9 Å². The number of hydrogen-bond acceptors (Lipinski definition) is 17. The van der Waals surface area contributed by atoms with Crippen molar-refractivity contribution in [2.24, 2.45) is 11.1 Å². The van der Waals surface area contributed by atoms with Crippen LogP contribution in [0.3, 0.4) is 0 Å². The molecule has 3 atom stereocenters. The quantitative estimate of drug-likeness (QED) is 0.0324. The molecule has 24 heteroatoms. The van der Waals surface area contributed by atoms with Crippen molar-refractivity contribution >= 4 is 81.1 Å². The summed E-state index contributed by atoms with van der Waals surface area (Å²) < 4.78 is 4.78. The summed E-state index contributed by atoms with van der Waals surface area (Å²) in [6.07, 6.45) is 0.134. The fourth-order valence-electron chi connectivity index (χ4n) is 4.57. The molecule has 2 aliphatic heterocycles. The number of carbonyl (C=O) groups is 6. The minimum absolute atomic E-state index is 0.0506. The van der Waals surface area contributed by atoms with Gasteiger partial charge in [0.25, 0.3) is 5.78 Å². The number of nitrogens with two attached hydrogens (primary N) is 1. The van der Waals surface area contributed by atoms with Crippen LogP contribution in [-0.2, 0) is 33.7 Å². The fourth-order valence-corrected chi connectivity index (χ4v) is 6.88. The molecule has 2 aromatic heterocycles. The Bertz CT molecular complexity index is 2040. The molecule has 0 spiro atoms. The Morgan fingerprint density at radius 3 is 2.51 bits per heavy atom. The number of halogens is 1. The fraction of sp³-hybridized carbons (Fsp3) is 0.320. The van der Waals surface area contributed by atoms with E-state index in [-0.39, 0.29) is 11.0 Å². The lowest BCUT2D eigenvalue weighted by Crippen LogP contribution is -2.58. The first-order chi connectivity index (χ1) is 22.9. The smallest absolute Gasteiger partial charge is 0.366 e. The zero-order valence-corrected chi connectivity index (χ0v) is 27.1. The predicted octanol–water partition coefficient (Wildman–Crippen LogP) is -0.992. The molecule has 0 aliphatic carbocycles. The van der Waals surface area contributed by atoms with Crippen LogP contribution in [0.15, 0.2) is 28.4 Å². The molecular formula is C25H22ClN9O12S2. The van der Waals surface area contributed by atoms with E-state index in [0.29, 0.717) is 39.0 Å². The number of β-lactam (4-membered cyclic amide) rings is 1. The second-order valence-electron chi connectivity index (χ2n) is 10.9. The number of fused-ring (bicyclic) bond motifs is 1. The number of carbonyl (C=O) groups excluding carboxylic acids is 4. The number of oxime groups is 1. The summed E-state index contributed by atoms with van der Waals surface area (Å²) in [4.78, 5) is 96.9. The third kappa shape index (κ3) is 6.02. The van der Waals surface area contributed by atoms with E-state index in [2.05, 4.69) is 19.6 Å². The number of phenolic OH excluding ortho intramolecular Hbond substituents is 2. The van der Waals surface area contributed by atoms with Gasteiger partial charge in [0, 0.05) is 18.0 Å². The van der Waals surface area contributed by atoms with Gasteiger partial charge in [0.1, 0.15) is 6.33 Å². The van der Waals surface area contributed by atoms with Crippen LogP contribution in [-0.4, -0.2) is 108 Å². The largest absolute Gasteiger partial charge is 0.504 e. The second-order valence-corrected chi connectivity index (χ2v) is 13.4. The van der Waals surface area contributed by atoms with Gasteiger partial charge in [-0.15, -0.1) is 0 Å². The first-order valence-electron chi connectivity index (χ1n) is 13.5. The highest BCUT2D eigenvalue weighted by Crippen LogP contribution is 2.52. The van der Waals surface area contributed by atoms with Gasteiger partial charge >= 0.3 is 23.5 Å². The molecule has 2 amide bonds. The lowest BCUT2D eigenvalue weighted by molar-refractivity contribution is -0.161. The molecule has 2 aliphatic rings. The highest BCUT2D eigenvalue weighted by Gasteiger charge is 2.64. The number of benzene rings is 1. The molecule has 4 heterocycles. The number of nitrogens with zero attached hydrogens (tertiary/aromatic N) is 7. The number of aliphatic carboxylic acids is 2. The van der Waals surface area contributed by atoms with Crippen molar-refractivity contribution in [3.8, 4) is 11.5 Å². The number of aromatic hydroxyl groups is 2. The maximum Gasteiger partial charge on any atom is 0.366 e. The number of thioether (sulfide) groups is 1. The maximum absolute atomic E-state index is 13.4. The van der Waals surface area contributed by atoms with Crippen molar-refractivity contribution < 1.29 is 54.0 Å². The van der Waals surface area contributed by atoms with Gasteiger partial charge in [0.15, 0.2) is 28.1 Å². The van der Waals surface area contributed by atoms with E-state index in [1.54, 1.807) is 0 Å². The van der Waals surface area contributed by atoms with Crippen LogP contribution in [0.25, 0.3) is 0 Å². The van der Waals surface area contributed by atoms with Crippen LogP contribution in [0.2, 0.25) is 5.02 Å². The van der Waals surface area contributed by atoms with Crippen molar-refractivity contribution in [1.82, 2.24) is 28.7 Å². The standard InChI is InChI=1S/C25H22ClN9O12S2/c1-24(2,20(42)43)47-31-13(16-29-22(27)49-32-16)11(37)5-9-18(41)33-6-25(21(44)45,48-19(9)33)35-23(46)34(7-28-35)30-17(40)14(38)8-3-4-10(36)15(39)12(8)26/h3-4,7,9,19,36,39H,5-6H2,1-2H3,(H,30,40)(H,42,43)(H,44,45)(H2,27,29,32)/b31-13+/t9?,19-,25-/m1/s1. The van der Waals surface area contributed by atoms with Crippen molar-refractivity contribution in [1.29, 1.82) is 0 Å². The van der Waals surface area contributed by atoms with Gasteiger partial charge in [-0.3, -0.25) is 24.6 Å². The number of amides is 2. The van der Waals surface area contributed by atoms with Crippen LogP contribution < -0.4 is 16.8 Å². The van der Waals surface area contributed by atoms with Crippen molar-refractivity contribution in [2.45, 2.75) is 36.1 Å². The van der Waals surface area contributed by atoms with E-state index < -0.39 is 104 Å². The average molecular weight is 740 g/mol.